The van der Waals surface area contributed by atoms with Crippen LogP contribution in [-0.4, -0.2) is 57.2 Å². The van der Waals surface area contributed by atoms with E-state index in [0.717, 1.165) is 74.8 Å². The van der Waals surface area contributed by atoms with Crippen LogP contribution in [0.2, 0.25) is 10.0 Å². The second kappa shape index (κ2) is 9.46. The van der Waals surface area contributed by atoms with Crippen LogP contribution in [0, 0.1) is 0 Å². The van der Waals surface area contributed by atoms with Crippen molar-refractivity contribution in [2.75, 3.05) is 56.2 Å². The van der Waals surface area contributed by atoms with Gasteiger partial charge in [0.1, 0.15) is 5.75 Å². The maximum Gasteiger partial charge on any atom is 0.227 e. The van der Waals surface area contributed by atoms with E-state index in [1.807, 2.05) is 35.2 Å². The summed E-state index contributed by atoms with van der Waals surface area (Å²) < 4.78 is 5.49. The van der Waals surface area contributed by atoms with Gasteiger partial charge in [0.25, 0.3) is 0 Å². The highest BCUT2D eigenvalue weighted by atomic mass is 35.5. The van der Waals surface area contributed by atoms with E-state index >= 15 is 0 Å². The number of halogens is 2. The van der Waals surface area contributed by atoms with Gasteiger partial charge in [-0.1, -0.05) is 29.3 Å². The van der Waals surface area contributed by atoms with Crippen LogP contribution in [0.4, 0.5) is 11.4 Å². The van der Waals surface area contributed by atoms with Crippen molar-refractivity contribution in [3.63, 3.8) is 0 Å². The Kier molecular flexibility index (Phi) is 6.71. The highest BCUT2D eigenvalue weighted by Gasteiger charge is 2.26. The molecule has 2 aromatic rings. The van der Waals surface area contributed by atoms with Crippen molar-refractivity contribution in [2.24, 2.45) is 0 Å². The molecule has 0 aliphatic carbocycles. The zero-order chi connectivity index (χ0) is 21.1. The summed E-state index contributed by atoms with van der Waals surface area (Å²) in [5.74, 6) is 1.08. The van der Waals surface area contributed by atoms with Crippen molar-refractivity contribution in [1.82, 2.24) is 4.90 Å². The predicted molar refractivity (Wildman–Crippen MR) is 123 cm³/mol. The second-order valence-corrected chi connectivity index (χ2v) is 8.69. The van der Waals surface area contributed by atoms with Gasteiger partial charge < -0.3 is 14.5 Å². The molecule has 160 valence electrons. The minimum Gasteiger partial charge on any atom is -0.496 e. The van der Waals surface area contributed by atoms with E-state index in [4.69, 9.17) is 27.9 Å². The number of methoxy groups -OCH3 is 1. The number of hydrogen-bond donors (Lipinski definition) is 0. The Morgan fingerprint density at radius 2 is 1.70 bits per heavy atom. The van der Waals surface area contributed by atoms with Crippen LogP contribution in [0.5, 0.6) is 5.75 Å². The number of ether oxygens (including phenoxy) is 1. The van der Waals surface area contributed by atoms with Gasteiger partial charge in [-0.15, -0.1) is 0 Å². The average Bonchev–Trinajstić information content (AvgIpc) is 2.74. The Hall–Kier alpha value is -1.95. The highest BCUT2D eigenvalue weighted by Crippen LogP contribution is 2.34. The van der Waals surface area contributed by atoms with Gasteiger partial charge in [0.2, 0.25) is 5.91 Å². The zero-order valence-corrected chi connectivity index (χ0v) is 18.8. The third kappa shape index (κ3) is 4.69. The Bertz CT molecular complexity index is 893. The van der Waals surface area contributed by atoms with Crippen LogP contribution in [0.1, 0.15) is 18.4 Å². The van der Waals surface area contributed by atoms with E-state index in [1.54, 1.807) is 13.2 Å². The monoisotopic (exact) mass is 447 g/mol. The van der Waals surface area contributed by atoms with Crippen LogP contribution >= 0.6 is 23.2 Å². The first-order valence-corrected chi connectivity index (χ1v) is 11.2. The molecule has 2 aromatic carbocycles. The number of anilines is 2. The van der Waals surface area contributed by atoms with Gasteiger partial charge in [0.15, 0.2) is 0 Å². The summed E-state index contributed by atoms with van der Waals surface area (Å²) in [6.07, 6.45) is 2.25. The fourth-order valence-corrected chi connectivity index (χ4v) is 4.91. The molecule has 1 saturated heterocycles. The molecule has 0 spiro atoms. The van der Waals surface area contributed by atoms with Gasteiger partial charge >= 0.3 is 0 Å². The topological polar surface area (TPSA) is 36.0 Å². The molecule has 30 heavy (non-hydrogen) atoms. The maximum absolute atomic E-state index is 12.5. The van der Waals surface area contributed by atoms with E-state index in [1.165, 1.54) is 0 Å². The lowest BCUT2D eigenvalue weighted by Gasteiger charge is -2.37. The molecule has 0 radical (unpaired) electrons. The Labute approximate surface area is 188 Å². The van der Waals surface area contributed by atoms with Crippen molar-refractivity contribution in [3.05, 3.63) is 52.0 Å². The van der Waals surface area contributed by atoms with Crippen molar-refractivity contribution < 1.29 is 9.53 Å². The lowest BCUT2D eigenvalue weighted by molar-refractivity contribution is -0.118. The number of carbonyl (C=O) groups is 1. The number of piperazine rings is 1. The number of rotatable bonds is 6. The molecule has 2 aliphatic rings. The van der Waals surface area contributed by atoms with Crippen molar-refractivity contribution in [3.8, 4) is 5.75 Å². The summed E-state index contributed by atoms with van der Waals surface area (Å²) in [6, 6.07) is 11.7. The molecule has 2 heterocycles. The van der Waals surface area contributed by atoms with Crippen molar-refractivity contribution in [1.29, 1.82) is 0 Å². The smallest absolute Gasteiger partial charge is 0.227 e. The van der Waals surface area contributed by atoms with Gasteiger partial charge in [-0.3, -0.25) is 9.69 Å². The van der Waals surface area contributed by atoms with Crippen LogP contribution in [0.25, 0.3) is 0 Å². The molecular weight excluding hydrogens is 421 g/mol. The molecule has 0 bridgehead atoms. The zero-order valence-electron chi connectivity index (χ0n) is 17.2. The van der Waals surface area contributed by atoms with E-state index < -0.39 is 0 Å². The second-order valence-electron chi connectivity index (χ2n) is 7.81. The number of benzene rings is 2. The number of amides is 1. The number of hydrogen-bond acceptors (Lipinski definition) is 4. The molecule has 0 unspecified atom stereocenters. The number of carbonyl (C=O) groups excluding carboxylic acids is 1. The van der Waals surface area contributed by atoms with Crippen LogP contribution < -0.4 is 14.5 Å². The summed E-state index contributed by atoms with van der Waals surface area (Å²) in [5, 5.41) is 1.34. The van der Waals surface area contributed by atoms with Gasteiger partial charge in [-0.05, 0) is 49.7 Å². The van der Waals surface area contributed by atoms with Gasteiger partial charge in [-0.2, -0.15) is 0 Å². The summed E-state index contributed by atoms with van der Waals surface area (Å²) in [4.78, 5) is 19.3. The number of fused-ring (bicyclic) bond motifs is 1. The lowest BCUT2D eigenvalue weighted by Crippen LogP contribution is -2.47. The highest BCUT2D eigenvalue weighted by molar-refractivity contribution is 6.35. The molecule has 5 nitrogen and oxygen atoms in total. The Morgan fingerprint density at radius 3 is 2.40 bits per heavy atom. The largest absolute Gasteiger partial charge is 0.496 e. The fourth-order valence-electron chi connectivity index (χ4n) is 4.40. The van der Waals surface area contributed by atoms with E-state index in [9.17, 15) is 4.79 Å². The quantitative estimate of drug-likeness (QED) is 0.653. The first kappa shape index (κ1) is 21.3. The van der Waals surface area contributed by atoms with Crippen LogP contribution in [0.3, 0.4) is 0 Å². The van der Waals surface area contributed by atoms with Gasteiger partial charge in [-0.25, -0.2) is 0 Å². The predicted octanol–water partition coefficient (Wildman–Crippen LogP) is 4.49. The molecule has 0 saturated carbocycles. The summed E-state index contributed by atoms with van der Waals surface area (Å²) in [7, 11) is 1.69. The van der Waals surface area contributed by atoms with Gasteiger partial charge in [0, 0.05) is 60.4 Å². The third-order valence-electron chi connectivity index (χ3n) is 5.95. The number of nitrogens with zero attached hydrogens (tertiary/aromatic N) is 3. The first-order chi connectivity index (χ1) is 14.5. The van der Waals surface area contributed by atoms with E-state index in [-0.39, 0.29) is 5.91 Å². The van der Waals surface area contributed by atoms with Crippen molar-refractivity contribution in [2.45, 2.75) is 19.3 Å². The first-order valence-electron chi connectivity index (χ1n) is 10.4. The Morgan fingerprint density at radius 1 is 0.967 bits per heavy atom. The van der Waals surface area contributed by atoms with Crippen molar-refractivity contribution >= 4 is 40.5 Å². The molecule has 7 heteroatoms. The molecule has 1 amide bonds. The standard InChI is InChI=1S/C23H27Cl2N3O2/c1-30-22-5-2-4-21-20(22)6-7-23(29)28(21)9-3-8-26-10-12-27(13-11-26)19-15-17(24)14-18(25)16-19/h2,4-5,14-16H,3,6-13H2,1H3. The summed E-state index contributed by atoms with van der Waals surface area (Å²) in [6.45, 7) is 5.58. The Balaban J connectivity index is 1.30. The molecule has 1 fully saturated rings. The molecule has 2 aliphatic heterocycles. The maximum atomic E-state index is 12.5. The van der Waals surface area contributed by atoms with Crippen LogP contribution in [-0.2, 0) is 11.2 Å². The molecule has 0 N–H and O–H groups in total. The summed E-state index contributed by atoms with van der Waals surface area (Å²) >= 11 is 12.3. The summed E-state index contributed by atoms with van der Waals surface area (Å²) in [5.41, 5.74) is 3.23. The lowest BCUT2D eigenvalue weighted by atomic mass is 10.00. The SMILES string of the molecule is COc1cccc2c1CCC(=O)N2CCCN1CCN(c2cc(Cl)cc(Cl)c2)CC1. The minimum absolute atomic E-state index is 0.207. The molecule has 0 aromatic heterocycles. The fraction of sp³-hybridized carbons (Fsp3) is 0.435. The molecule has 0 atom stereocenters. The average molecular weight is 448 g/mol. The third-order valence-corrected chi connectivity index (χ3v) is 6.39. The van der Waals surface area contributed by atoms with E-state index in [0.29, 0.717) is 16.5 Å². The molecular formula is C23H27Cl2N3O2. The van der Waals surface area contributed by atoms with Gasteiger partial charge in [0.05, 0.1) is 12.8 Å². The normalized spacial score (nSPS) is 17.2. The molecule has 4 rings (SSSR count). The van der Waals surface area contributed by atoms with E-state index in [2.05, 4.69) is 9.80 Å². The van der Waals surface area contributed by atoms with Crippen LogP contribution in [0.15, 0.2) is 36.4 Å². The minimum atomic E-state index is 0.207.